The lowest BCUT2D eigenvalue weighted by atomic mass is 10.0. The molecule has 1 atom stereocenters. The highest BCUT2D eigenvalue weighted by Crippen LogP contribution is 2.20. The molecule has 5 heteroatoms. The molecular weight excluding hydrogens is 234 g/mol. The highest BCUT2D eigenvalue weighted by atomic mass is 16.4. The molecule has 1 saturated heterocycles. The summed E-state index contributed by atoms with van der Waals surface area (Å²) in [4.78, 5) is 24.7. The number of carboxylic acids is 1. The molecule has 18 heavy (non-hydrogen) atoms. The predicted molar refractivity (Wildman–Crippen MR) is 64.4 cm³/mol. The van der Waals surface area contributed by atoms with Crippen LogP contribution in [0.5, 0.6) is 5.75 Å². The van der Waals surface area contributed by atoms with Crippen LogP contribution in [0.25, 0.3) is 0 Å². The molecule has 0 bridgehead atoms. The smallest absolute Gasteiger partial charge is 0.326 e. The lowest BCUT2D eigenvalue weighted by molar-refractivity contribution is -0.143. The normalized spacial score (nSPS) is 19.6. The summed E-state index contributed by atoms with van der Waals surface area (Å²) in [5, 5.41) is 18.3. The van der Waals surface area contributed by atoms with Crippen LogP contribution in [0.4, 0.5) is 0 Å². The van der Waals surface area contributed by atoms with Gasteiger partial charge in [-0.3, -0.25) is 4.79 Å². The highest BCUT2D eigenvalue weighted by Gasteiger charge is 2.32. The zero-order valence-corrected chi connectivity index (χ0v) is 9.87. The first-order valence-corrected chi connectivity index (χ1v) is 5.92. The van der Waals surface area contributed by atoms with Gasteiger partial charge in [0.15, 0.2) is 0 Å². The summed E-state index contributed by atoms with van der Waals surface area (Å²) >= 11 is 0. The zero-order chi connectivity index (χ0) is 13.1. The molecule has 5 nitrogen and oxygen atoms in total. The van der Waals surface area contributed by atoms with E-state index in [1.807, 2.05) is 0 Å². The molecule has 96 valence electrons. The maximum Gasteiger partial charge on any atom is 0.326 e. The Kier molecular flexibility index (Phi) is 3.50. The molecule has 0 spiro atoms. The van der Waals surface area contributed by atoms with Gasteiger partial charge in [-0.25, -0.2) is 4.79 Å². The number of aliphatic carboxylic acids is 1. The van der Waals surface area contributed by atoms with E-state index in [-0.39, 0.29) is 11.7 Å². The van der Waals surface area contributed by atoms with E-state index in [9.17, 15) is 9.59 Å². The number of amides is 1. The molecule has 1 amide bonds. The summed E-state index contributed by atoms with van der Waals surface area (Å²) in [6.07, 6.45) is 2.16. The van der Waals surface area contributed by atoms with Gasteiger partial charge in [-0.1, -0.05) is 0 Å². The third-order valence-corrected chi connectivity index (χ3v) is 3.16. The first-order valence-electron chi connectivity index (χ1n) is 5.92. The van der Waals surface area contributed by atoms with E-state index < -0.39 is 12.0 Å². The summed E-state index contributed by atoms with van der Waals surface area (Å²) < 4.78 is 0. The Bertz CT molecular complexity index is 455. The van der Waals surface area contributed by atoms with E-state index in [0.29, 0.717) is 18.5 Å². The van der Waals surface area contributed by atoms with E-state index >= 15 is 0 Å². The molecule has 1 aromatic carbocycles. The van der Waals surface area contributed by atoms with Crippen LogP contribution in [0.2, 0.25) is 0 Å². The fraction of sp³-hybridized carbons (Fsp3) is 0.385. The van der Waals surface area contributed by atoms with Crippen molar-refractivity contribution in [3.63, 3.8) is 0 Å². The standard InChI is InChI=1S/C13H15NO4/c15-10-6-4-9(5-7-10)12(16)14-8-2-1-3-11(14)13(17)18/h4-7,11,15H,1-3,8H2,(H,17,18)/t11-/m0/s1. The van der Waals surface area contributed by atoms with Gasteiger partial charge in [0.2, 0.25) is 0 Å². The van der Waals surface area contributed by atoms with Crippen LogP contribution in [-0.4, -0.2) is 39.6 Å². The summed E-state index contributed by atoms with van der Waals surface area (Å²) in [5.41, 5.74) is 0.404. The molecule has 0 saturated carbocycles. The number of aromatic hydroxyl groups is 1. The molecule has 0 aliphatic carbocycles. The number of nitrogens with zero attached hydrogens (tertiary/aromatic N) is 1. The predicted octanol–water partition coefficient (Wildman–Crippen LogP) is 1.47. The van der Waals surface area contributed by atoms with Gasteiger partial charge in [0, 0.05) is 12.1 Å². The van der Waals surface area contributed by atoms with Crippen molar-refractivity contribution >= 4 is 11.9 Å². The first kappa shape index (κ1) is 12.4. The van der Waals surface area contributed by atoms with E-state index in [1.54, 1.807) is 0 Å². The van der Waals surface area contributed by atoms with E-state index in [4.69, 9.17) is 10.2 Å². The quantitative estimate of drug-likeness (QED) is 0.832. The lowest BCUT2D eigenvalue weighted by Gasteiger charge is -2.33. The fourth-order valence-corrected chi connectivity index (χ4v) is 2.20. The van der Waals surface area contributed by atoms with Gasteiger partial charge >= 0.3 is 5.97 Å². The van der Waals surface area contributed by atoms with Crippen molar-refractivity contribution in [2.45, 2.75) is 25.3 Å². The van der Waals surface area contributed by atoms with Gasteiger partial charge in [0.05, 0.1) is 0 Å². The molecule has 0 aromatic heterocycles. The van der Waals surface area contributed by atoms with Crippen LogP contribution in [0, 0.1) is 0 Å². The molecule has 1 aliphatic rings. The molecule has 2 rings (SSSR count). The van der Waals surface area contributed by atoms with Crippen LogP contribution in [0.3, 0.4) is 0 Å². The SMILES string of the molecule is O=C(O)[C@@H]1CCCCN1C(=O)c1ccc(O)cc1. The number of rotatable bonds is 2. The van der Waals surface area contributed by atoms with Gasteiger partial charge in [-0.05, 0) is 43.5 Å². The summed E-state index contributed by atoms with van der Waals surface area (Å²) in [6.45, 7) is 0.469. The van der Waals surface area contributed by atoms with E-state index in [1.165, 1.54) is 29.2 Å². The van der Waals surface area contributed by atoms with Gasteiger partial charge in [0.25, 0.3) is 5.91 Å². The minimum absolute atomic E-state index is 0.0833. The Balaban J connectivity index is 2.20. The second kappa shape index (κ2) is 5.08. The minimum Gasteiger partial charge on any atom is -0.508 e. The van der Waals surface area contributed by atoms with Crippen molar-refractivity contribution in [1.29, 1.82) is 0 Å². The topological polar surface area (TPSA) is 77.8 Å². The minimum atomic E-state index is -0.957. The number of piperidine rings is 1. The largest absolute Gasteiger partial charge is 0.508 e. The number of hydrogen-bond donors (Lipinski definition) is 2. The summed E-state index contributed by atoms with van der Waals surface area (Å²) in [5.74, 6) is -1.16. The van der Waals surface area contributed by atoms with Crippen LogP contribution in [-0.2, 0) is 4.79 Å². The number of benzene rings is 1. The molecule has 0 unspecified atom stereocenters. The Morgan fingerprint density at radius 3 is 2.44 bits per heavy atom. The van der Waals surface area contributed by atoms with E-state index in [0.717, 1.165) is 12.8 Å². The molecule has 1 heterocycles. The number of phenols is 1. The molecule has 1 aromatic rings. The van der Waals surface area contributed by atoms with Crippen LogP contribution in [0.1, 0.15) is 29.6 Å². The Morgan fingerprint density at radius 1 is 1.17 bits per heavy atom. The second-order valence-electron chi connectivity index (χ2n) is 4.40. The van der Waals surface area contributed by atoms with Gasteiger partial charge in [-0.15, -0.1) is 0 Å². The molecule has 0 radical (unpaired) electrons. The fourth-order valence-electron chi connectivity index (χ4n) is 2.20. The van der Waals surface area contributed by atoms with Gasteiger partial charge in [-0.2, -0.15) is 0 Å². The first-order chi connectivity index (χ1) is 8.59. The molecule has 1 aliphatic heterocycles. The van der Waals surface area contributed by atoms with Crippen molar-refractivity contribution in [1.82, 2.24) is 4.90 Å². The summed E-state index contributed by atoms with van der Waals surface area (Å²) in [6, 6.07) is 5.12. The highest BCUT2D eigenvalue weighted by molar-refractivity contribution is 5.96. The van der Waals surface area contributed by atoms with Crippen LogP contribution >= 0.6 is 0 Å². The third-order valence-electron chi connectivity index (χ3n) is 3.16. The molecule has 1 fully saturated rings. The van der Waals surface area contributed by atoms with Crippen molar-refractivity contribution in [3.05, 3.63) is 29.8 Å². The van der Waals surface area contributed by atoms with Crippen molar-refractivity contribution in [2.75, 3.05) is 6.54 Å². The molecular formula is C13H15NO4. The maximum absolute atomic E-state index is 12.2. The lowest BCUT2D eigenvalue weighted by Crippen LogP contribution is -2.47. The number of phenolic OH excluding ortho intramolecular Hbond substituents is 1. The van der Waals surface area contributed by atoms with Crippen molar-refractivity contribution < 1.29 is 19.8 Å². The average Bonchev–Trinajstić information content (AvgIpc) is 2.39. The molecule has 2 N–H and O–H groups in total. The van der Waals surface area contributed by atoms with Gasteiger partial charge < -0.3 is 15.1 Å². The van der Waals surface area contributed by atoms with Crippen molar-refractivity contribution in [3.8, 4) is 5.75 Å². The zero-order valence-electron chi connectivity index (χ0n) is 9.87. The number of hydrogen-bond acceptors (Lipinski definition) is 3. The Hall–Kier alpha value is -2.04. The summed E-state index contributed by atoms with van der Waals surface area (Å²) in [7, 11) is 0. The number of carbonyl (C=O) groups excluding carboxylic acids is 1. The van der Waals surface area contributed by atoms with E-state index in [2.05, 4.69) is 0 Å². The van der Waals surface area contributed by atoms with Gasteiger partial charge in [0.1, 0.15) is 11.8 Å². The van der Waals surface area contributed by atoms with Crippen LogP contribution < -0.4 is 0 Å². The number of carbonyl (C=O) groups is 2. The number of likely N-dealkylation sites (tertiary alicyclic amines) is 1. The Morgan fingerprint density at radius 2 is 1.83 bits per heavy atom. The second-order valence-corrected chi connectivity index (χ2v) is 4.40. The van der Waals surface area contributed by atoms with Crippen LogP contribution in [0.15, 0.2) is 24.3 Å². The van der Waals surface area contributed by atoms with Crippen molar-refractivity contribution in [2.24, 2.45) is 0 Å². The average molecular weight is 249 g/mol. The number of carboxylic acid groups (broad SMARTS) is 1. The monoisotopic (exact) mass is 249 g/mol. The Labute approximate surface area is 105 Å². The maximum atomic E-state index is 12.2. The third kappa shape index (κ3) is 2.45.